The lowest BCUT2D eigenvalue weighted by molar-refractivity contribution is -0.124. The zero-order valence-electron chi connectivity index (χ0n) is 12.2. The van der Waals surface area contributed by atoms with E-state index in [2.05, 4.69) is 22.2 Å². The monoisotopic (exact) mass is 301 g/mol. The molecule has 2 aromatic heterocycles. The third-order valence-corrected chi connectivity index (χ3v) is 3.55. The summed E-state index contributed by atoms with van der Waals surface area (Å²) in [6.07, 6.45) is 1.59. The summed E-state index contributed by atoms with van der Waals surface area (Å²) < 4.78 is 11.0. The number of imide groups is 1. The van der Waals surface area contributed by atoms with Gasteiger partial charge in [-0.2, -0.15) is 0 Å². The van der Waals surface area contributed by atoms with Crippen molar-refractivity contribution < 1.29 is 18.7 Å². The summed E-state index contributed by atoms with van der Waals surface area (Å²) >= 11 is 0. The number of urea groups is 1. The maximum Gasteiger partial charge on any atom is 0.322 e. The number of fused-ring (bicyclic) bond motifs is 1. The average Bonchev–Trinajstić information content (AvgIpc) is 3.00. The molecule has 7 nitrogen and oxygen atoms in total. The molecule has 1 aliphatic heterocycles. The topological polar surface area (TPSA) is 93.5 Å². The molecule has 3 amide bonds. The Hall–Kier alpha value is -2.83. The number of carbonyl (C=O) groups is 2. The zero-order chi connectivity index (χ0) is 15.9. The number of nitrogens with zero attached hydrogens (tertiary/aromatic N) is 1. The van der Waals surface area contributed by atoms with E-state index in [1.807, 2.05) is 13.0 Å². The fourth-order valence-electron chi connectivity index (χ4n) is 2.31. The molecule has 1 saturated heterocycles. The van der Waals surface area contributed by atoms with Gasteiger partial charge in [0, 0.05) is 17.1 Å². The molecule has 1 aliphatic rings. The third-order valence-electron chi connectivity index (χ3n) is 3.55. The number of aromatic nitrogens is 1. The molecule has 2 aromatic rings. The largest absolute Gasteiger partial charge is 0.494 e. The van der Waals surface area contributed by atoms with E-state index in [9.17, 15) is 9.59 Å². The number of amides is 3. The summed E-state index contributed by atoms with van der Waals surface area (Å²) in [5.74, 6) is 0.366. The van der Waals surface area contributed by atoms with Gasteiger partial charge in [0.05, 0.1) is 6.61 Å². The molecule has 22 heavy (non-hydrogen) atoms. The van der Waals surface area contributed by atoms with Crippen LogP contribution in [-0.2, 0) is 15.1 Å². The van der Waals surface area contributed by atoms with E-state index in [4.69, 9.17) is 9.15 Å². The lowest BCUT2D eigenvalue weighted by atomic mass is 9.99. The minimum Gasteiger partial charge on any atom is -0.494 e. The van der Waals surface area contributed by atoms with Gasteiger partial charge in [-0.25, -0.2) is 9.78 Å². The SMILES string of the molecule is C=C(OCC)c1cnc2oc([C@]3(C)NC(=O)NC3=O)cc2c1. The fourth-order valence-corrected chi connectivity index (χ4v) is 2.31. The number of hydrogen-bond acceptors (Lipinski definition) is 5. The molecule has 114 valence electrons. The number of nitrogens with one attached hydrogen (secondary N) is 2. The van der Waals surface area contributed by atoms with Crippen LogP contribution in [0.1, 0.15) is 25.2 Å². The Kier molecular flexibility index (Phi) is 3.13. The number of hydrogen-bond donors (Lipinski definition) is 2. The molecule has 0 bridgehead atoms. The Morgan fingerprint density at radius 1 is 1.45 bits per heavy atom. The Bertz CT molecular complexity index is 795. The first-order chi connectivity index (χ1) is 10.4. The van der Waals surface area contributed by atoms with Crippen molar-refractivity contribution in [2.24, 2.45) is 0 Å². The van der Waals surface area contributed by atoms with Gasteiger partial charge in [0.25, 0.3) is 5.91 Å². The van der Waals surface area contributed by atoms with Gasteiger partial charge in [0.2, 0.25) is 5.71 Å². The quantitative estimate of drug-likeness (QED) is 0.664. The van der Waals surface area contributed by atoms with E-state index < -0.39 is 17.5 Å². The molecule has 3 heterocycles. The van der Waals surface area contributed by atoms with E-state index >= 15 is 0 Å². The standard InChI is InChI=1S/C15H15N3O4/c1-4-21-8(2)10-5-9-6-11(22-12(9)16-7-10)15(3)13(19)17-14(20)18-15/h5-7H,2,4H2,1,3H3,(H2,17,18,19,20)/t15-/m0/s1. The van der Waals surface area contributed by atoms with Crippen LogP contribution in [0.4, 0.5) is 4.79 Å². The van der Waals surface area contributed by atoms with Crippen LogP contribution in [0, 0.1) is 0 Å². The van der Waals surface area contributed by atoms with Gasteiger partial charge < -0.3 is 14.5 Å². The third kappa shape index (κ3) is 2.11. The second kappa shape index (κ2) is 4.87. The molecule has 0 saturated carbocycles. The van der Waals surface area contributed by atoms with Crippen LogP contribution in [0.3, 0.4) is 0 Å². The van der Waals surface area contributed by atoms with Crippen LogP contribution < -0.4 is 10.6 Å². The number of pyridine rings is 1. The molecule has 0 aliphatic carbocycles. The highest BCUT2D eigenvalue weighted by molar-refractivity contribution is 6.07. The van der Waals surface area contributed by atoms with Gasteiger partial charge in [-0.15, -0.1) is 0 Å². The molecule has 1 atom stereocenters. The highest BCUT2D eigenvalue weighted by Gasteiger charge is 2.46. The average molecular weight is 301 g/mol. The Morgan fingerprint density at radius 2 is 2.23 bits per heavy atom. The van der Waals surface area contributed by atoms with E-state index in [0.717, 1.165) is 5.56 Å². The van der Waals surface area contributed by atoms with Crippen LogP contribution in [0.15, 0.2) is 29.3 Å². The summed E-state index contributed by atoms with van der Waals surface area (Å²) in [7, 11) is 0. The van der Waals surface area contributed by atoms with Crippen molar-refractivity contribution in [1.82, 2.24) is 15.6 Å². The van der Waals surface area contributed by atoms with Crippen LogP contribution in [0.5, 0.6) is 0 Å². The smallest absolute Gasteiger partial charge is 0.322 e. The summed E-state index contributed by atoms with van der Waals surface area (Å²) in [6, 6.07) is 2.94. The summed E-state index contributed by atoms with van der Waals surface area (Å²) in [5.41, 5.74) is -0.139. The Morgan fingerprint density at radius 3 is 2.86 bits per heavy atom. The van der Waals surface area contributed by atoms with Crippen molar-refractivity contribution in [2.75, 3.05) is 6.61 Å². The van der Waals surface area contributed by atoms with Crippen LogP contribution in [0.2, 0.25) is 0 Å². The predicted molar refractivity (Wildman–Crippen MR) is 78.7 cm³/mol. The number of furan rings is 1. The number of carbonyl (C=O) groups excluding carboxylic acids is 2. The molecule has 2 N–H and O–H groups in total. The number of ether oxygens (including phenoxy) is 1. The van der Waals surface area contributed by atoms with Gasteiger partial charge in [0.15, 0.2) is 5.54 Å². The first-order valence-electron chi connectivity index (χ1n) is 6.80. The van der Waals surface area contributed by atoms with E-state index in [0.29, 0.717) is 29.2 Å². The van der Waals surface area contributed by atoms with Crippen molar-refractivity contribution in [3.05, 3.63) is 36.2 Å². The fraction of sp³-hybridized carbons (Fsp3) is 0.267. The van der Waals surface area contributed by atoms with Gasteiger partial charge >= 0.3 is 6.03 Å². The maximum absolute atomic E-state index is 11.9. The van der Waals surface area contributed by atoms with Crippen LogP contribution >= 0.6 is 0 Å². The summed E-state index contributed by atoms with van der Waals surface area (Å²) in [4.78, 5) is 27.5. The lowest BCUT2D eigenvalue weighted by Gasteiger charge is -2.16. The molecule has 0 radical (unpaired) electrons. The van der Waals surface area contributed by atoms with E-state index in [-0.39, 0.29) is 0 Å². The van der Waals surface area contributed by atoms with Gasteiger partial charge in [0.1, 0.15) is 11.5 Å². The van der Waals surface area contributed by atoms with Crippen molar-refractivity contribution in [1.29, 1.82) is 0 Å². The Labute approximate surface area is 126 Å². The lowest BCUT2D eigenvalue weighted by Crippen LogP contribution is -2.40. The minimum absolute atomic E-state index is 0.317. The van der Waals surface area contributed by atoms with Crippen LogP contribution in [0.25, 0.3) is 16.9 Å². The second-order valence-electron chi connectivity index (χ2n) is 5.12. The predicted octanol–water partition coefficient (Wildman–Crippen LogP) is 1.89. The zero-order valence-corrected chi connectivity index (χ0v) is 12.2. The molecule has 0 unspecified atom stereocenters. The normalized spacial score (nSPS) is 20.8. The van der Waals surface area contributed by atoms with Crippen molar-refractivity contribution in [2.45, 2.75) is 19.4 Å². The van der Waals surface area contributed by atoms with E-state index in [1.165, 1.54) is 0 Å². The van der Waals surface area contributed by atoms with Crippen molar-refractivity contribution in [3.63, 3.8) is 0 Å². The molecular formula is C15H15N3O4. The Balaban J connectivity index is 2.02. The van der Waals surface area contributed by atoms with Gasteiger partial charge in [-0.1, -0.05) is 6.58 Å². The van der Waals surface area contributed by atoms with Gasteiger partial charge in [-0.3, -0.25) is 10.1 Å². The highest BCUT2D eigenvalue weighted by Crippen LogP contribution is 2.30. The molecular weight excluding hydrogens is 286 g/mol. The van der Waals surface area contributed by atoms with E-state index in [1.54, 1.807) is 19.2 Å². The maximum atomic E-state index is 11.9. The van der Waals surface area contributed by atoms with Crippen molar-refractivity contribution >= 4 is 28.8 Å². The first-order valence-corrected chi connectivity index (χ1v) is 6.80. The summed E-state index contributed by atoms with van der Waals surface area (Å²) in [6.45, 7) is 7.78. The molecule has 1 fully saturated rings. The summed E-state index contributed by atoms with van der Waals surface area (Å²) in [5, 5.41) is 5.44. The second-order valence-corrected chi connectivity index (χ2v) is 5.12. The molecule has 7 heteroatoms. The van der Waals surface area contributed by atoms with Crippen molar-refractivity contribution in [3.8, 4) is 0 Å². The number of rotatable bonds is 4. The minimum atomic E-state index is -1.24. The highest BCUT2D eigenvalue weighted by atomic mass is 16.5. The van der Waals surface area contributed by atoms with Crippen LogP contribution in [-0.4, -0.2) is 23.5 Å². The van der Waals surface area contributed by atoms with Gasteiger partial charge in [-0.05, 0) is 26.0 Å². The molecule has 0 aromatic carbocycles. The molecule has 0 spiro atoms. The first kappa shape index (κ1) is 14.1. The molecule has 3 rings (SSSR count).